The maximum absolute atomic E-state index is 12.2. The third kappa shape index (κ3) is 8.47. The van der Waals surface area contributed by atoms with Crippen LogP contribution < -0.4 is 10.6 Å². The van der Waals surface area contributed by atoms with Gasteiger partial charge in [-0.25, -0.2) is 4.99 Å². The number of amides is 1. The average molecular weight is 487 g/mol. The molecule has 0 spiro atoms. The largest absolute Gasteiger partial charge is 0.357 e. The number of nitrogens with one attached hydrogen (secondary N) is 2. The molecule has 1 heterocycles. The number of rotatable bonds is 8. The summed E-state index contributed by atoms with van der Waals surface area (Å²) < 4.78 is 0. The predicted molar refractivity (Wildman–Crippen MR) is 122 cm³/mol. The van der Waals surface area contributed by atoms with Gasteiger partial charge in [-0.2, -0.15) is 0 Å². The molecule has 0 unspecified atom stereocenters. The highest BCUT2D eigenvalue weighted by Crippen LogP contribution is 2.09. The Morgan fingerprint density at radius 2 is 1.89 bits per heavy atom. The van der Waals surface area contributed by atoms with Gasteiger partial charge in [0.05, 0.1) is 13.1 Å². The van der Waals surface area contributed by atoms with Crippen molar-refractivity contribution in [2.24, 2.45) is 4.99 Å². The SMILES string of the molecule is CCNC(=NCc1cccc(CN(C)CC)c1)NCC(=O)N1CCCC1.I. The molecule has 152 valence electrons. The van der Waals surface area contributed by atoms with Crippen LogP contribution in [0.15, 0.2) is 29.3 Å². The van der Waals surface area contributed by atoms with Crippen LogP contribution in [-0.2, 0) is 17.9 Å². The molecule has 27 heavy (non-hydrogen) atoms. The van der Waals surface area contributed by atoms with Crippen molar-refractivity contribution < 1.29 is 4.79 Å². The Kier molecular flexibility index (Phi) is 11.3. The number of hydrogen-bond acceptors (Lipinski definition) is 3. The van der Waals surface area contributed by atoms with Crippen LogP contribution in [0.3, 0.4) is 0 Å². The molecule has 0 saturated carbocycles. The summed E-state index contributed by atoms with van der Waals surface area (Å²) in [4.78, 5) is 21.0. The third-order valence-electron chi connectivity index (χ3n) is 4.61. The molecule has 7 heteroatoms. The van der Waals surface area contributed by atoms with Crippen LogP contribution in [0.4, 0.5) is 0 Å². The van der Waals surface area contributed by atoms with E-state index in [4.69, 9.17) is 0 Å². The molecule has 2 N–H and O–H groups in total. The van der Waals surface area contributed by atoms with Crippen molar-refractivity contribution in [3.8, 4) is 0 Å². The van der Waals surface area contributed by atoms with Crippen LogP contribution >= 0.6 is 24.0 Å². The lowest BCUT2D eigenvalue weighted by Crippen LogP contribution is -2.44. The zero-order valence-corrected chi connectivity index (χ0v) is 19.2. The van der Waals surface area contributed by atoms with E-state index in [0.717, 1.165) is 45.6 Å². The Labute approximate surface area is 180 Å². The highest BCUT2D eigenvalue weighted by atomic mass is 127. The van der Waals surface area contributed by atoms with Crippen LogP contribution in [0, 0.1) is 0 Å². The van der Waals surface area contributed by atoms with Gasteiger partial charge in [0.15, 0.2) is 5.96 Å². The smallest absolute Gasteiger partial charge is 0.241 e. The molecule has 1 aromatic carbocycles. The van der Waals surface area contributed by atoms with Gasteiger partial charge >= 0.3 is 0 Å². The Morgan fingerprint density at radius 3 is 2.56 bits per heavy atom. The average Bonchev–Trinajstić information content (AvgIpc) is 3.19. The topological polar surface area (TPSA) is 60.0 Å². The molecule has 6 nitrogen and oxygen atoms in total. The predicted octanol–water partition coefficient (Wildman–Crippen LogP) is 2.43. The Balaban J connectivity index is 0.00000364. The Hall–Kier alpha value is -1.35. The molecule has 0 atom stereocenters. The Bertz CT molecular complexity index is 602. The first-order chi connectivity index (χ1) is 12.6. The van der Waals surface area contributed by atoms with E-state index in [-0.39, 0.29) is 29.9 Å². The van der Waals surface area contributed by atoms with Crippen LogP contribution in [-0.4, -0.2) is 61.4 Å². The van der Waals surface area contributed by atoms with E-state index in [9.17, 15) is 4.79 Å². The lowest BCUT2D eigenvalue weighted by molar-refractivity contribution is -0.128. The highest BCUT2D eigenvalue weighted by molar-refractivity contribution is 14.0. The van der Waals surface area contributed by atoms with E-state index < -0.39 is 0 Å². The quantitative estimate of drug-likeness (QED) is 0.336. The summed E-state index contributed by atoms with van der Waals surface area (Å²) in [6.07, 6.45) is 2.23. The first-order valence-corrected chi connectivity index (χ1v) is 9.68. The number of nitrogens with zero attached hydrogens (tertiary/aromatic N) is 3. The summed E-state index contributed by atoms with van der Waals surface area (Å²) in [5.74, 6) is 0.842. The summed E-state index contributed by atoms with van der Waals surface area (Å²) in [7, 11) is 2.12. The minimum atomic E-state index is 0. The second-order valence-electron chi connectivity index (χ2n) is 6.79. The number of aliphatic imine (C=N–C) groups is 1. The number of carbonyl (C=O) groups is 1. The molecule has 1 fully saturated rings. The normalized spacial score (nSPS) is 14.2. The van der Waals surface area contributed by atoms with E-state index >= 15 is 0 Å². The first kappa shape index (κ1) is 23.7. The molecule has 0 radical (unpaired) electrons. The first-order valence-electron chi connectivity index (χ1n) is 9.68. The molecule has 1 amide bonds. The Morgan fingerprint density at radius 1 is 1.19 bits per heavy atom. The standard InChI is InChI=1S/C20H33N5O.HI/c1-4-21-20(23-15-19(26)25-11-6-7-12-25)22-14-17-9-8-10-18(13-17)16-24(3)5-2;/h8-10,13H,4-7,11-12,14-16H2,1-3H3,(H2,21,22,23);1H. The maximum Gasteiger partial charge on any atom is 0.241 e. The van der Waals surface area contributed by atoms with Gasteiger partial charge in [-0.3, -0.25) is 4.79 Å². The van der Waals surface area contributed by atoms with Crippen molar-refractivity contribution >= 4 is 35.8 Å². The maximum atomic E-state index is 12.2. The fraction of sp³-hybridized carbons (Fsp3) is 0.600. The van der Waals surface area contributed by atoms with E-state index in [2.05, 4.69) is 58.8 Å². The van der Waals surface area contributed by atoms with Gasteiger partial charge in [-0.15, -0.1) is 24.0 Å². The van der Waals surface area contributed by atoms with Gasteiger partial charge in [0, 0.05) is 26.2 Å². The number of carbonyl (C=O) groups excluding carboxylic acids is 1. The lowest BCUT2D eigenvalue weighted by atomic mass is 10.1. The summed E-state index contributed by atoms with van der Waals surface area (Å²) in [5, 5.41) is 6.38. The van der Waals surface area contributed by atoms with Gasteiger partial charge in [-0.05, 0) is 44.5 Å². The minimum absolute atomic E-state index is 0. The third-order valence-corrected chi connectivity index (χ3v) is 4.61. The lowest BCUT2D eigenvalue weighted by Gasteiger charge is -2.17. The van der Waals surface area contributed by atoms with Crippen LogP contribution in [0.2, 0.25) is 0 Å². The zero-order valence-electron chi connectivity index (χ0n) is 16.8. The second kappa shape index (κ2) is 12.9. The summed E-state index contributed by atoms with van der Waals surface area (Å²) >= 11 is 0. The number of guanidine groups is 1. The van der Waals surface area contributed by atoms with E-state index in [1.165, 1.54) is 11.1 Å². The molecule has 0 aliphatic carbocycles. The van der Waals surface area contributed by atoms with Crippen molar-refractivity contribution in [3.63, 3.8) is 0 Å². The molecule has 1 aromatic rings. The van der Waals surface area contributed by atoms with Crippen LogP contribution in [0.25, 0.3) is 0 Å². The van der Waals surface area contributed by atoms with Crippen molar-refractivity contribution in [2.75, 3.05) is 39.8 Å². The van der Waals surface area contributed by atoms with Crippen LogP contribution in [0.5, 0.6) is 0 Å². The molecular weight excluding hydrogens is 453 g/mol. The fourth-order valence-electron chi connectivity index (χ4n) is 3.00. The number of likely N-dealkylation sites (tertiary alicyclic amines) is 1. The van der Waals surface area contributed by atoms with E-state index in [1.807, 2.05) is 11.8 Å². The minimum Gasteiger partial charge on any atom is -0.357 e. The second-order valence-corrected chi connectivity index (χ2v) is 6.79. The number of benzene rings is 1. The molecule has 1 saturated heterocycles. The van der Waals surface area contributed by atoms with Gasteiger partial charge in [0.1, 0.15) is 0 Å². The fourth-order valence-corrected chi connectivity index (χ4v) is 3.00. The number of hydrogen-bond donors (Lipinski definition) is 2. The zero-order chi connectivity index (χ0) is 18.8. The molecule has 1 aliphatic rings. The van der Waals surface area contributed by atoms with Gasteiger partial charge in [0.2, 0.25) is 5.91 Å². The summed E-state index contributed by atoms with van der Waals surface area (Å²) in [6.45, 7) is 9.58. The van der Waals surface area contributed by atoms with Crippen molar-refractivity contribution in [2.45, 2.75) is 39.8 Å². The number of halogens is 1. The van der Waals surface area contributed by atoms with Gasteiger partial charge < -0.3 is 20.4 Å². The molecular formula is C20H34IN5O. The van der Waals surface area contributed by atoms with Crippen LogP contribution in [0.1, 0.15) is 37.8 Å². The molecule has 2 rings (SSSR count). The molecule has 0 aromatic heterocycles. The molecule has 1 aliphatic heterocycles. The van der Waals surface area contributed by atoms with Crippen molar-refractivity contribution in [1.82, 2.24) is 20.4 Å². The van der Waals surface area contributed by atoms with Crippen molar-refractivity contribution in [3.05, 3.63) is 35.4 Å². The molecule has 0 bridgehead atoms. The van der Waals surface area contributed by atoms with Gasteiger partial charge in [-0.1, -0.05) is 31.2 Å². The van der Waals surface area contributed by atoms with Crippen molar-refractivity contribution in [1.29, 1.82) is 0 Å². The summed E-state index contributed by atoms with van der Waals surface area (Å²) in [5.41, 5.74) is 2.47. The summed E-state index contributed by atoms with van der Waals surface area (Å²) in [6, 6.07) is 8.53. The van der Waals surface area contributed by atoms with E-state index in [0.29, 0.717) is 19.0 Å². The van der Waals surface area contributed by atoms with E-state index in [1.54, 1.807) is 0 Å². The highest BCUT2D eigenvalue weighted by Gasteiger charge is 2.17. The monoisotopic (exact) mass is 487 g/mol. The van der Waals surface area contributed by atoms with Gasteiger partial charge in [0.25, 0.3) is 0 Å².